The van der Waals surface area contributed by atoms with Gasteiger partial charge in [0, 0.05) is 30.4 Å². The monoisotopic (exact) mass is 514 g/mol. The van der Waals surface area contributed by atoms with Gasteiger partial charge in [-0.15, -0.1) is 0 Å². The molecule has 1 aromatic carbocycles. The van der Waals surface area contributed by atoms with Crippen molar-refractivity contribution in [3.05, 3.63) is 53.6 Å². The van der Waals surface area contributed by atoms with E-state index in [1.807, 2.05) is 12.2 Å². The van der Waals surface area contributed by atoms with Crippen LogP contribution in [-0.4, -0.2) is 71.3 Å². The molecule has 4 aliphatic heterocycles. The highest BCUT2D eigenvalue weighted by Gasteiger charge is 2.74. The third kappa shape index (κ3) is 3.96. The van der Waals surface area contributed by atoms with Crippen molar-refractivity contribution in [3.8, 4) is 0 Å². The first kappa shape index (κ1) is 25.0. The largest absolute Gasteiger partial charge is 0.461 e. The van der Waals surface area contributed by atoms with Gasteiger partial charge in [0.2, 0.25) is 5.91 Å². The number of halogens is 1. The van der Waals surface area contributed by atoms with Crippen LogP contribution in [-0.2, 0) is 23.9 Å². The van der Waals surface area contributed by atoms with Gasteiger partial charge in [-0.2, -0.15) is 0 Å². The number of aliphatic hydroxyl groups is 1. The summed E-state index contributed by atoms with van der Waals surface area (Å²) in [5.74, 6) is -2.73. The number of hydrogen-bond donors (Lipinski definition) is 1. The molecule has 2 amide bonds. The number of nitrogens with zero attached hydrogens (tertiary/aromatic N) is 2. The average Bonchev–Trinajstić information content (AvgIpc) is 3.10. The van der Waals surface area contributed by atoms with Crippen molar-refractivity contribution >= 4 is 35.1 Å². The van der Waals surface area contributed by atoms with Gasteiger partial charge in [0.1, 0.15) is 24.2 Å². The first-order valence-corrected chi connectivity index (χ1v) is 12.9. The number of unbranched alkanes of at least 4 members (excludes halogenated alkanes) is 3. The summed E-state index contributed by atoms with van der Waals surface area (Å²) < 4.78 is 12.1. The average molecular weight is 515 g/mol. The summed E-state index contributed by atoms with van der Waals surface area (Å²) in [7, 11) is 0. The number of rotatable bonds is 7. The number of cyclic esters (lactones) is 1. The van der Waals surface area contributed by atoms with Gasteiger partial charge < -0.3 is 24.4 Å². The number of fused-ring (bicyclic) bond motifs is 2. The third-order valence-corrected chi connectivity index (χ3v) is 8.01. The topological polar surface area (TPSA) is 96.4 Å². The highest BCUT2D eigenvalue weighted by molar-refractivity contribution is 6.30. The second kappa shape index (κ2) is 9.65. The molecule has 0 bridgehead atoms. The van der Waals surface area contributed by atoms with Crippen LogP contribution in [0, 0.1) is 11.8 Å². The maximum atomic E-state index is 14.2. The van der Waals surface area contributed by atoms with Gasteiger partial charge in [-0.25, -0.2) is 0 Å². The number of carbonyl (C=O) groups is 3. The molecule has 9 heteroatoms. The van der Waals surface area contributed by atoms with Crippen molar-refractivity contribution in [2.45, 2.75) is 49.9 Å². The summed E-state index contributed by atoms with van der Waals surface area (Å²) in [6, 6.07) is 6.08. The summed E-state index contributed by atoms with van der Waals surface area (Å²) in [6.07, 6.45) is 10.2. The minimum absolute atomic E-state index is 0.124. The first-order chi connectivity index (χ1) is 17.3. The molecule has 4 heterocycles. The lowest BCUT2D eigenvalue weighted by atomic mass is 9.75. The minimum Gasteiger partial charge on any atom is -0.461 e. The molecule has 1 spiro atoms. The lowest BCUT2D eigenvalue weighted by molar-refractivity contribution is -0.156. The van der Waals surface area contributed by atoms with Crippen LogP contribution in [0.3, 0.4) is 0 Å². The number of likely N-dealkylation sites (tertiary alicyclic amines) is 1. The Balaban J connectivity index is 1.55. The van der Waals surface area contributed by atoms with Crippen molar-refractivity contribution in [1.82, 2.24) is 4.90 Å². The van der Waals surface area contributed by atoms with E-state index in [0.717, 1.165) is 12.8 Å². The zero-order valence-corrected chi connectivity index (χ0v) is 21.0. The number of aliphatic hydroxyl groups excluding tert-OH is 1. The number of amides is 2. The number of benzene rings is 1. The molecule has 0 radical (unpaired) electrons. The molecule has 0 aromatic heterocycles. The molecule has 1 N–H and O–H groups in total. The molecule has 1 unspecified atom stereocenters. The fraction of sp³-hybridized carbons (Fsp3) is 0.519. The summed E-state index contributed by atoms with van der Waals surface area (Å²) in [5, 5.41) is 9.65. The quantitative estimate of drug-likeness (QED) is 0.341. The summed E-state index contributed by atoms with van der Waals surface area (Å²) in [4.78, 5) is 44.6. The van der Waals surface area contributed by atoms with Crippen LogP contribution in [0.5, 0.6) is 0 Å². The second-order valence-electron chi connectivity index (χ2n) is 10.0. The fourth-order valence-corrected chi connectivity index (χ4v) is 6.32. The maximum absolute atomic E-state index is 14.2. The lowest BCUT2D eigenvalue weighted by Gasteiger charge is -2.37. The Morgan fingerprint density at radius 2 is 1.75 bits per heavy atom. The number of esters is 1. The minimum atomic E-state index is -1.29. The molecular weight excluding hydrogens is 484 g/mol. The molecule has 5 rings (SSSR count). The smallest absolute Gasteiger partial charge is 0.313 e. The maximum Gasteiger partial charge on any atom is 0.313 e. The molecule has 36 heavy (non-hydrogen) atoms. The molecule has 8 nitrogen and oxygen atoms in total. The van der Waals surface area contributed by atoms with Crippen molar-refractivity contribution in [3.63, 3.8) is 0 Å². The molecule has 5 atom stereocenters. The Hall–Kier alpha value is -2.68. The van der Waals surface area contributed by atoms with Gasteiger partial charge in [0.05, 0.1) is 11.5 Å². The van der Waals surface area contributed by atoms with Crippen molar-refractivity contribution in [1.29, 1.82) is 0 Å². The number of hydrogen-bond acceptors (Lipinski definition) is 6. The molecular formula is C27H31ClN2O6. The van der Waals surface area contributed by atoms with Gasteiger partial charge in [0.25, 0.3) is 5.91 Å². The normalized spacial score (nSPS) is 33.2. The van der Waals surface area contributed by atoms with E-state index in [0.29, 0.717) is 36.6 Å². The fourth-order valence-electron chi connectivity index (χ4n) is 6.20. The van der Waals surface area contributed by atoms with Crippen LogP contribution in [0.4, 0.5) is 5.69 Å². The van der Waals surface area contributed by atoms with Crippen LogP contribution in [0.15, 0.2) is 48.6 Å². The van der Waals surface area contributed by atoms with E-state index < -0.39 is 35.0 Å². The third-order valence-electron chi connectivity index (χ3n) is 7.76. The first-order valence-electron chi connectivity index (χ1n) is 12.5. The number of ether oxygens (including phenoxy) is 2. The van der Waals surface area contributed by atoms with E-state index in [-0.39, 0.29) is 25.0 Å². The summed E-state index contributed by atoms with van der Waals surface area (Å²) >= 11 is 6.07. The van der Waals surface area contributed by atoms with E-state index in [9.17, 15) is 14.4 Å². The Bertz CT molecular complexity index is 1100. The number of anilines is 1. The van der Waals surface area contributed by atoms with Crippen molar-refractivity contribution in [2.24, 2.45) is 11.8 Å². The highest BCUT2D eigenvalue weighted by atomic mass is 35.5. The van der Waals surface area contributed by atoms with Gasteiger partial charge >= 0.3 is 5.97 Å². The lowest BCUT2D eigenvalue weighted by Crippen LogP contribution is -2.56. The van der Waals surface area contributed by atoms with Crippen molar-refractivity contribution < 1.29 is 29.0 Å². The highest BCUT2D eigenvalue weighted by Crippen LogP contribution is 2.57. The van der Waals surface area contributed by atoms with E-state index in [1.165, 1.54) is 0 Å². The van der Waals surface area contributed by atoms with Gasteiger partial charge in [-0.3, -0.25) is 14.4 Å². The van der Waals surface area contributed by atoms with Gasteiger partial charge in [0.15, 0.2) is 0 Å². The standard InChI is InChI=1S/C27H31ClN2O6/c1-26-12-7-17-35-25(34)21(26)20-23(32)30(14-4-2-3-5-16-31)22-24(33)29(15-6-13-27(20,22)36-26)19-10-8-18(28)9-11-19/h6-13,20-22,31H,2-5,14-17H2,1H3/t20-,21-,22?,26+,27-/m0/s1. The van der Waals surface area contributed by atoms with E-state index in [4.69, 9.17) is 26.2 Å². The SMILES string of the molecule is C[C@@]12C=CCOC(=O)[C@@H]1[C@H]1C(=O)N(CCCCCCO)C3C(=O)N(c4ccc(Cl)cc4)CC=C[C@@]31O2. The molecule has 0 aliphatic carbocycles. The predicted molar refractivity (Wildman–Crippen MR) is 133 cm³/mol. The van der Waals surface area contributed by atoms with Crippen molar-refractivity contribution in [2.75, 3.05) is 31.2 Å². The van der Waals surface area contributed by atoms with Crippen LogP contribution < -0.4 is 4.90 Å². The van der Waals surface area contributed by atoms with Crippen LogP contribution in [0.2, 0.25) is 5.02 Å². The number of carbonyl (C=O) groups excluding carboxylic acids is 3. The Kier molecular flexibility index (Phi) is 6.70. The molecule has 4 aliphatic rings. The Morgan fingerprint density at radius 1 is 1.00 bits per heavy atom. The molecule has 192 valence electrons. The summed E-state index contributed by atoms with van der Waals surface area (Å²) in [6.45, 7) is 2.70. The van der Waals surface area contributed by atoms with E-state index >= 15 is 0 Å². The second-order valence-corrected chi connectivity index (χ2v) is 10.5. The van der Waals surface area contributed by atoms with Crippen LogP contribution >= 0.6 is 11.6 Å². The molecule has 0 saturated carbocycles. The summed E-state index contributed by atoms with van der Waals surface area (Å²) in [5.41, 5.74) is -1.69. The molecule has 2 saturated heterocycles. The van der Waals surface area contributed by atoms with Crippen LogP contribution in [0.25, 0.3) is 0 Å². The zero-order valence-electron chi connectivity index (χ0n) is 20.3. The Labute approximate surface area is 215 Å². The Morgan fingerprint density at radius 3 is 2.50 bits per heavy atom. The predicted octanol–water partition coefficient (Wildman–Crippen LogP) is 2.88. The zero-order chi connectivity index (χ0) is 25.5. The van der Waals surface area contributed by atoms with E-state index in [1.54, 1.807) is 53.1 Å². The molecule has 1 aromatic rings. The van der Waals surface area contributed by atoms with Gasteiger partial charge in [-0.1, -0.05) is 42.7 Å². The molecule has 2 fully saturated rings. The van der Waals surface area contributed by atoms with E-state index in [2.05, 4.69) is 0 Å². The van der Waals surface area contributed by atoms with Gasteiger partial charge in [-0.05, 0) is 50.1 Å². The van der Waals surface area contributed by atoms with Crippen LogP contribution in [0.1, 0.15) is 32.6 Å².